The molecule has 0 aliphatic carbocycles. The molecule has 0 bridgehead atoms. The summed E-state index contributed by atoms with van der Waals surface area (Å²) in [6.07, 6.45) is 0. The summed E-state index contributed by atoms with van der Waals surface area (Å²) in [6.45, 7) is 5.32. The van der Waals surface area contributed by atoms with Crippen LogP contribution in [0.5, 0.6) is 11.5 Å². The van der Waals surface area contributed by atoms with Gasteiger partial charge >= 0.3 is 0 Å². The Hall–Kier alpha value is -1.38. The van der Waals surface area contributed by atoms with Gasteiger partial charge in [0, 0.05) is 20.2 Å². The Morgan fingerprint density at radius 3 is 2.27 bits per heavy atom. The summed E-state index contributed by atoms with van der Waals surface area (Å²) >= 11 is 0. The second-order valence-corrected chi connectivity index (χ2v) is 3.39. The molecule has 0 unspecified atom stereocenters. The predicted molar refractivity (Wildman–Crippen MR) is 63.1 cm³/mol. The molecule has 0 aliphatic heterocycles. The Bertz CT molecular complexity index is 310. The van der Waals surface area contributed by atoms with Gasteiger partial charge in [-0.1, -0.05) is 0 Å². The highest BCUT2D eigenvalue weighted by Crippen LogP contribution is 2.31. The molecule has 0 atom stereocenters. The lowest BCUT2D eigenvalue weighted by atomic mass is 10.2. The summed E-state index contributed by atoms with van der Waals surface area (Å²) in [4.78, 5) is 2.02. The average Bonchev–Trinajstić information content (AvgIpc) is 2.21. The maximum Gasteiger partial charge on any atom is 0.142 e. The molecular formula is C12H19NO2. The quantitative estimate of drug-likeness (QED) is 0.744. The third-order valence-electron chi connectivity index (χ3n) is 2.02. The fourth-order valence-electron chi connectivity index (χ4n) is 1.38. The molecule has 1 aromatic rings. The van der Waals surface area contributed by atoms with Crippen LogP contribution >= 0.6 is 0 Å². The fraction of sp³-hybridized carbons (Fsp3) is 0.500. The molecule has 0 aromatic heterocycles. The van der Waals surface area contributed by atoms with Crippen LogP contribution in [-0.4, -0.2) is 27.3 Å². The lowest BCUT2D eigenvalue weighted by Gasteiger charge is -2.18. The molecule has 0 heterocycles. The SMILES string of the molecule is CCOc1ccc(OCC)c(N(C)C)c1. The second-order valence-electron chi connectivity index (χ2n) is 3.39. The Labute approximate surface area is 91.6 Å². The van der Waals surface area contributed by atoms with Crippen molar-refractivity contribution in [3.05, 3.63) is 18.2 Å². The zero-order valence-corrected chi connectivity index (χ0v) is 9.91. The first-order valence-corrected chi connectivity index (χ1v) is 5.26. The van der Waals surface area contributed by atoms with Gasteiger partial charge in [-0.25, -0.2) is 0 Å². The third-order valence-corrected chi connectivity index (χ3v) is 2.02. The lowest BCUT2D eigenvalue weighted by molar-refractivity contribution is 0.331. The molecule has 1 rings (SSSR count). The molecule has 3 heteroatoms. The van der Waals surface area contributed by atoms with Crippen molar-refractivity contribution in [2.45, 2.75) is 13.8 Å². The van der Waals surface area contributed by atoms with Gasteiger partial charge in [-0.3, -0.25) is 0 Å². The van der Waals surface area contributed by atoms with Crippen molar-refractivity contribution in [3.8, 4) is 11.5 Å². The molecule has 0 aliphatic rings. The van der Waals surface area contributed by atoms with E-state index in [-0.39, 0.29) is 0 Å². The molecule has 0 N–H and O–H groups in total. The van der Waals surface area contributed by atoms with Gasteiger partial charge in [-0.05, 0) is 26.0 Å². The zero-order valence-electron chi connectivity index (χ0n) is 9.91. The summed E-state index contributed by atoms with van der Waals surface area (Å²) in [5.74, 6) is 1.77. The Morgan fingerprint density at radius 1 is 1.07 bits per heavy atom. The molecule has 15 heavy (non-hydrogen) atoms. The van der Waals surface area contributed by atoms with Crippen molar-refractivity contribution in [1.82, 2.24) is 0 Å². The molecule has 0 radical (unpaired) electrons. The Kier molecular flexibility index (Phi) is 4.28. The summed E-state index contributed by atoms with van der Waals surface area (Å²) in [6, 6.07) is 5.87. The van der Waals surface area contributed by atoms with E-state index in [1.807, 2.05) is 51.0 Å². The van der Waals surface area contributed by atoms with Crippen molar-refractivity contribution >= 4 is 5.69 Å². The van der Waals surface area contributed by atoms with Crippen LogP contribution in [0.1, 0.15) is 13.8 Å². The number of benzene rings is 1. The third kappa shape index (κ3) is 3.05. The smallest absolute Gasteiger partial charge is 0.142 e. The van der Waals surface area contributed by atoms with E-state index < -0.39 is 0 Å². The van der Waals surface area contributed by atoms with E-state index in [0.717, 1.165) is 17.2 Å². The molecule has 84 valence electrons. The Morgan fingerprint density at radius 2 is 1.73 bits per heavy atom. The highest BCUT2D eigenvalue weighted by Gasteiger charge is 2.07. The van der Waals surface area contributed by atoms with Crippen molar-refractivity contribution < 1.29 is 9.47 Å². The normalized spacial score (nSPS) is 9.87. The zero-order chi connectivity index (χ0) is 11.3. The van der Waals surface area contributed by atoms with Crippen LogP contribution in [0.25, 0.3) is 0 Å². The van der Waals surface area contributed by atoms with Gasteiger partial charge in [-0.2, -0.15) is 0 Å². The molecule has 0 saturated carbocycles. The van der Waals surface area contributed by atoms with Crippen LogP contribution in [0.2, 0.25) is 0 Å². The van der Waals surface area contributed by atoms with Crippen LogP contribution < -0.4 is 14.4 Å². The van der Waals surface area contributed by atoms with Crippen molar-refractivity contribution in [2.24, 2.45) is 0 Å². The van der Waals surface area contributed by atoms with Gasteiger partial charge in [0.1, 0.15) is 11.5 Å². The van der Waals surface area contributed by atoms with Crippen LogP contribution in [0.4, 0.5) is 5.69 Å². The number of rotatable bonds is 5. The largest absolute Gasteiger partial charge is 0.494 e. The van der Waals surface area contributed by atoms with E-state index in [1.54, 1.807) is 0 Å². The number of nitrogens with zero attached hydrogens (tertiary/aromatic N) is 1. The molecule has 3 nitrogen and oxygen atoms in total. The van der Waals surface area contributed by atoms with Crippen LogP contribution in [0.3, 0.4) is 0 Å². The fourth-order valence-corrected chi connectivity index (χ4v) is 1.38. The minimum Gasteiger partial charge on any atom is -0.494 e. The molecule has 0 amide bonds. The topological polar surface area (TPSA) is 21.7 Å². The van der Waals surface area contributed by atoms with Gasteiger partial charge in [0.15, 0.2) is 0 Å². The first-order chi connectivity index (χ1) is 7.19. The monoisotopic (exact) mass is 209 g/mol. The van der Waals surface area contributed by atoms with E-state index >= 15 is 0 Å². The predicted octanol–water partition coefficient (Wildman–Crippen LogP) is 2.55. The van der Waals surface area contributed by atoms with Gasteiger partial charge in [0.2, 0.25) is 0 Å². The molecular weight excluding hydrogens is 190 g/mol. The summed E-state index contributed by atoms with van der Waals surface area (Å²) in [5.41, 5.74) is 1.04. The minimum atomic E-state index is 0.675. The van der Waals surface area contributed by atoms with Gasteiger partial charge < -0.3 is 14.4 Å². The first-order valence-electron chi connectivity index (χ1n) is 5.26. The van der Waals surface area contributed by atoms with Gasteiger partial charge in [0.05, 0.1) is 18.9 Å². The van der Waals surface area contributed by atoms with E-state index in [0.29, 0.717) is 13.2 Å². The van der Waals surface area contributed by atoms with Gasteiger partial charge in [0.25, 0.3) is 0 Å². The average molecular weight is 209 g/mol. The number of hydrogen-bond acceptors (Lipinski definition) is 3. The van der Waals surface area contributed by atoms with E-state index in [2.05, 4.69) is 0 Å². The van der Waals surface area contributed by atoms with Crippen molar-refractivity contribution in [2.75, 3.05) is 32.2 Å². The summed E-state index contributed by atoms with van der Waals surface area (Å²) < 4.78 is 11.0. The van der Waals surface area contributed by atoms with Gasteiger partial charge in [-0.15, -0.1) is 0 Å². The standard InChI is InChI=1S/C12H19NO2/c1-5-14-10-7-8-12(15-6-2)11(9-10)13(3)4/h7-9H,5-6H2,1-4H3. The number of hydrogen-bond donors (Lipinski definition) is 0. The van der Waals surface area contributed by atoms with E-state index in [9.17, 15) is 0 Å². The van der Waals surface area contributed by atoms with Crippen molar-refractivity contribution in [3.63, 3.8) is 0 Å². The van der Waals surface area contributed by atoms with Crippen LogP contribution in [-0.2, 0) is 0 Å². The minimum absolute atomic E-state index is 0.675. The summed E-state index contributed by atoms with van der Waals surface area (Å²) in [5, 5.41) is 0. The molecule has 0 saturated heterocycles. The number of anilines is 1. The summed E-state index contributed by atoms with van der Waals surface area (Å²) in [7, 11) is 3.99. The molecule has 1 aromatic carbocycles. The maximum absolute atomic E-state index is 5.53. The molecule has 0 spiro atoms. The maximum atomic E-state index is 5.53. The first kappa shape index (κ1) is 11.7. The van der Waals surface area contributed by atoms with E-state index in [1.165, 1.54) is 0 Å². The highest BCUT2D eigenvalue weighted by molar-refractivity contribution is 5.60. The lowest BCUT2D eigenvalue weighted by Crippen LogP contribution is -2.11. The Balaban J connectivity index is 2.97. The van der Waals surface area contributed by atoms with Crippen LogP contribution in [0, 0.1) is 0 Å². The van der Waals surface area contributed by atoms with Crippen LogP contribution in [0.15, 0.2) is 18.2 Å². The highest BCUT2D eigenvalue weighted by atomic mass is 16.5. The second kappa shape index (κ2) is 5.49. The van der Waals surface area contributed by atoms with Crippen molar-refractivity contribution in [1.29, 1.82) is 0 Å². The molecule has 0 fully saturated rings. The number of ether oxygens (including phenoxy) is 2. The van der Waals surface area contributed by atoms with E-state index in [4.69, 9.17) is 9.47 Å².